The molecule has 0 atom stereocenters. The maximum absolute atomic E-state index is 10.6. The second-order valence-corrected chi connectivity index (χ2v) is 4.73. The van der Waals surface area contributed by atoms with Gasteiger partial charge in [-0.25, -0.2) is 9.97 Å². The Morgan fingerprint density at radius 2 is 2.00 bits per heavy atom. The maximum atomic E-state index is 10.6. The fourth-order valence-corrected chi connectivity index (χ4v) is 2.30. The number of nitro groups is 1. The van der Waals surface area contributed by atoms with Crippen molar-refractivity contribution in [3.8, 4) is 11.4 Å². The molecule has 1 aromatic carbocycles. The van der Waals surface area contributed by atoms with Crippen molar-refractivity contribution in [3.63, 3.8) is 0 Å². The van der Waals surface area contributed by atoms with Gasteiger partial charge in [0.1, 0.15) is 5.15 Å². The number of fused-ring (bicyclic) bond motifs is 1. The fourth-order valence-electron chi connectivity index (χ4n) is 2.05. The van der Waals surface area contributed by atoms with E-state index in [1.165, 1.54) is 12.1 Å². The fraction of sp³-hybridized carbons (Fsp3) is 0.231. The number of halogens is 1. The van der Waals surface area contributed by atoms with Crippen molar-refractivity contribution in [3.05, 3.63) is 50.8 Å². The second-order valence-electron chi connectivity index (χ2n) is 4.37. The third kappa shape index (κ3) is 2.35. The van der Waals surface area contributed by atoms with Gasteiger partial charge in [-0.15, -0.1) is 0 Å². The van der Waals surface area contributed by atoms with E-state index in [-0.39, 0.29) is 5.69 Å². The number of non-ortho nitro benzene ring substituents is 1. The van der Waals surface area contributed by atoms with Crippen molar-refractivity contribution in [2.24, 2.45) is 0 Å². The zero-order valence-corrected chi connectivity index (χ0v) is 11.1. The Kier molecular flexibility index (Phi) is 3.33. The van der Waals surface area contributed by atoms with Gasteiger partial charge in [-0.3, -0.25) is 10.1 Å². The predicted molar refractivity (Wildman–Crippen MR) is 72.5 cm³/mol. The first-order valence-corrected chi connectivity index (χ1v) is 6.41. The molecule has 3 rings (SSSR count). The van der Waals surface area contributed by atoms with Gasteiger partial charge in [0, 0.05) is 29.7 Å². The van der Waals surface area contributed by atoms with Crippen LogP contribution in [0.25, 0.3) is 11.4 Å². The van der Waals surface area contributed by atoms with Gasteiger partial charge in [0.15, 0.2) is 5.82 Å². The molecule has 0 unspecified atom stereocenters. The topological polar surface area (TPSA) is 78.2 Å². The predicted octanol–water partition coefficient (Wildman–Crippen LogP) is 2.78. The van der Waals surface area contributed by atoms with E-state index in [2.05, 4.69) is 9.97 Å². The van der Waals surface area contributed by atoms with E-state index in [9.17, 15) is 10.1 Å². The van der Waals surface area contributed by atoms with E-state index >= 15 is 0 Å². The van der Waals surface area contributed by atoms with E-state index in [0.29, 0.717) is 36.2 Å². The van der Waals surface area contributed by atoms with Crippen molar-refractivity contribution >= 4 is 17.3 Å². The molecule has 0 aliphatic carbocycles. The zero-order valence-electron chi connectivity index (χ0n) is 10.4. The quantitative estimate of drug-likeness (QED) is 0.483. The van der Waals surface area contributed by atoms with Crippen LogP contribution < -0.4 is 0 Å². The summed E-state index contributed by atoms with van der Waals surface area (Å²) in [6.07, 6.45) is 0.692. The van der Waals surface area contributed by atoms with E-state index in [1.807, 2.05) is 0 Å². The molecule has 0 saturated heterocycles. The smallest absolute Gasteiger partial charge is 0.269 e. The Hall–Kier alpha value is -2.05. The highest BCUT2D eigenvalue weighted by molar-refractivity contribution is 6.30. The molecule has 2 heterocycles. The van der Waals surface area contributed by atoms with Crippen molar-refractivity contribution in [1.29, 1.82) is 0 Å². The number of aromatic nitrogens is 2. The van der Waals surface area contributed by atoms with Crippen LogP contribution in [0, 0.1) is 10.1 Å². The lowest BCUT2D eigenvalue weighted by Crippen LogP contribution is -2.14. The maximum Gasteiger partial charge on any atom is 0.269 e. The highest BCUT2D eigenvalue weighted by atomic mass is 35.5. The Balaban J connectivity index is 2.01. The van der Waals surface area contributed by atoms with Crippen molar-refractivity contribution in [2.45, 2.75) is 13.0 Å². The molecule has 20 heavy (non-hydrogen) atoms. The van der Waals surface area contributed by atoms with Crippen LogP contribution in [0.4, 0.5) is 5.69 Å². The Morgan fingerprint density at radius 1 is 1.25 bits per heavy atom. The largest absolute Gasteiger partial charge is 0.376 e. The van der Waals surface area contributed by atoms with Gasteiger partial charge in [0.05, 0.1) is 23.8 Å². The average Bonchev–Trinajstić information content (AvgIpc) is 2.47. The molecule has 6 nitrogen and oxygen atoms in total. The molecule has 0 radical (unpaired) electrons. The highest BCUT2D eigenvalue weighted by Gasteiger charge is 2.18. The van der Waals surface area contributed by atoms with E-state index < -0.39 is 4.92 Å². The first-order valence-electron chi connectivity index (χ1n) is 6.03. The summed E-state index contributed by atoms with van der Waals surface area (Å²) in [6.45, 7) is 1.04. The lowest BCUT2D eigenvalue weighted by molar-refractivity contribution is -0.384. The molecule has 0 spiro atoms. The normalized spacial score (nSPS) is 13.8. The monoisotopic (exact) mass is 291 g/mol. The average molecular weight is 292 g/mol. The molecule has 0 bridgehead atoms. The number of rotatable bonds is 2. The van der Waals surface area contributed by atoms with E-state index in [0.717, 1.165) is 11.3 Å². The minimum absolute atomic E-state index is 0.0335. The summed E-state index contributed by atoms with van der Waals surface area (Å²) in [7, 11) is 0. The van der Waals surface area contributed by atoms with Gasteiger partial charge < -0.3 is 4.74 Å². The molecular formula is C13H10ClN3O3. The number of nitrogens with zero attached hydrogens (tertiary/aromatic N) is 3. The third-order valence-corrected chi connectivity index (χ3v) is 3.42. The zero-order chi connectivity index (χ0) is 14.1. The standard InChI is InChI=1S/C13H10ClN3O3/c14-12-10-7-20-6-5-11(10)15-13(16-12)8-1-3-9(4-2-8)17(18)19/h1-4H,5-7H2. The summed E-state index contributed by atoms with van der Waals surface area (Å²) in [6, 6.07) is 6.09. The first-order chi connectivity index (χ1) is 9.65. The van der Waals surface area contributed by atoms with Gasteiger partial charge in [-0.1, -0.05) is 11.6 Å². The molecule has 0 N–H and O–H groups in total. The summed E-state index contributed by atoms with van der Waals surface area (Å²) in [5, 5.41) is 11.0. The molecule has 1 aliphatic rings. The van der Waals surface area contributed by atoms with E-state index in [4.69, 9.17) is 16.3 Å². The lowest BCUT2D eigenvalue weighted by Gasteiger charge is -2.17. The number of benzene rings is 1. The van der Waals surface area contributed by atoms with Crippen molar-refractivity contribution < 1.29 is 9.66 Å². The lowest BCUT2D eigenvalue weighted by atomic mass is 10.1. The second kappa shape index (κ2) is 5.15. The van der Waals surface area contributed by atoms with Crippen LogP contribution in [0.2, 0.25) is 5.15 Å². The number of hydrogen-bond donors (Lipinski definition) is 0. The Bertz CT molecular complexity index is 673. The Morgan fingerprint density at radius 3 is 2.70 bits per heavy atom. The number of ether oxygens (including phenoxy) is 1. The molecule has 1 aromatic heterocycles. The molecular weight excluding hydrogens is 282 g/mol. The summed E-state index contributed by atoms with van der Waals surface area (Å²) in [4.78, 5) is 18.9. The van der Waals surface area contributed by atoms with Gasteiger partial charge in [-0.2, -0.15) is 0 Å². The van der Waals surface area contributed by atoms with Crippen LogP contribution in [-0.2, 0) is 17.8 Å². The SMILES string of the molecule is O=[N+]([O-])c1ccc(-c2nc(Cl)c3c(n2)CCOC3)cc1. The Labute approximate surface area is 119 Å². The summed E-state index contributed by atoms with van der Waals surface area (Å²) in [5.74, 6) is 0.477. The summed E-state index contributed by atoms with van der Waals surface area (Å²) < 4.78 is 5.33. The van der Waals surface area contributed by atoms with Gasteiger partial charge in [0.2, 0.25) is 0 Å². The van der Waals surface area contributed by atoms with Gasteiger partial charge in [0.25, 0.3) is 5.69 Å². The van der Waals surface area contributed by atoms with Crippen molar-refractivity contribution in [1.82, 2.24) is 9.97 Å². The van der Waals surface area contributed by atoms with Gasteiger partial charge in [-0.05, 0) is 12.1 Å². The van der Waals surface area contributed by atoms with Crippen molar-refractivity contribution in [2.75, 3.05) is 6.61 Å². The minimum atomic E-state index is -0.443. The molecule has 1 aliphatic heterocycles. The van der Waals surface area contributed by atoms with E-state index in [1.54, 1.807) is 12.1 Å². The molecule has 0 fully saturated rings. The number of hydrogen-bond acceptors (Lipinski definition) is 5. The van der Waals surface area contributed by atoms with Crippen LogP contribution >= 0.6 is 11.6 Å². The molecule has 102 valence electrons. The molecule has 0 saturated carbocycles. The van der Waals surface area contributed by atoms with Crippen LogP contribution in [0.1, 0.15) is 11.3 Å². The minimum Gasteiger partial charge on any atom is -0.376 e. The molecule has 2 aromatic rings. The molecule has 7 heteroatoms. The third-order valence-electron chi connectivity index (χ3n) is 3.11. The highest BCUT2D eigenvalue weighted by Crippen LogP contribution is 2.26. The van der Waals surface area contributed by atoms with Crippen LogP contribution in [0.15, 0.2) is 24.3 Å². The molecule has 0 amide bonds. The van der Waals surface area contributed by atoms with Crippen LogP contribution in [0.5, 0.6) is 0 Å². The number of nitro benzene ring substituents is 1. The summed E-state index contributed by atoms with van der Waals surface area (Å²) in [5.41, 5.74) is 2.44. The first kappa shape index (κ1) is 13.0. The van der Waals surface area contributed by atoms with Gasteiger partial charge >= 0.3 is 0 Å². The summed E-state index contributed by atoms with van der Waals surface area (Å²) >= 11 is 6.14. The van der Waals surface area contributed by atoms with Crippen LogP contribution in [0.3, 0.4) is 0 Å². The van der Waals surface area contributed by atoms with Crippen LogP contribution in [-0.4, -0.2) is 21.5 Å².